The number of nitro benzene ring substituents is 2. The van der Waals surface area contributed by atoms with E-state index in [0.717, 1.165) is 12.1 Å². The van der Waals surface area contributed by atoms with Crippen molar-refractivity contribution in [3.05, 3.63) is 38.4 Å². The van der Waals surface area contributed by atoms with Crippen molar-refractivity contribution in [2.45, 2.75) is 0 Å². The molecule has 1 aromatic rings. The third kappa shape index (κ3) is 2.72. The molecule has 1 N–H and O–H groups in total. The first kappa shape index (κ1) is 12.5. The number of carbonyl (C=O) groups is 1. The molecule has 0 aromatic heterocycles. The van der Waals surface area contributed by atoms with Crippen LogP contribution in [0, 0.1) is 20.2 Å². The summed E-state index contributed by atoms with van der Waals surface area (Å²) in [5.74, 6) is -0.709. The van der Waals surface area contributed by atoms with E-state index in [2.05, 4.69) is 0 Å². The highest BCUT2D eigenvalue weighted by atomic mass is 16.6. The largest absolute Gasteiger partial charge is 0.502 e. The smallest absolute Gasteiger partial charge is 0.387 e. The molecule has 0 saturated carbocycles. The molecule has 1 aromatic carbocycles. The summed E-state index contributed by atoms with van der Waals surface area (Å²) >= 11 is 0. The molecule has 0 aliphatic rings. The summed E-state index contributed by atoms with van der Waals surface area (Å²) in [7, 11) is 0. The Balaban J connectivity index is 0.000000921. The third-order valence-electron chi connectivity index (χ3n) is 1.37. The van der Waals surface area contributed by atoms with Crippen molar-refractivity contribution in [2.75, 3.05) is 0 Å². The maximum atomic E-state index is 10.3. The molecule has 0 atom stereocenters. The molecule has 0 unspecified atom stereocenters. The molecule has 0 radical (unpaired) electrons. The topological polar surface area (TPSA) is 124 Å². The Kier molecular flexibility index (Phi) is 4.39. The van der Waals surface area contributed by atoms with Crippen LogP contribution in [0.15, 0.2) is 18.2 Å². The number of benzene rings is 1. The Labute approximate surface area is 83.1 Å². The van der Waals surface area contributed by atoms with Gasteiger partial charge in [0.15, 0.2) is 0 Å². The molecule has 0 amide bonds. The number of hydrogen-bond donors (Lipinski definition) is 1. The minimum absolute atomic E-state index is 0.709. The minimum atomic E-state index is -0.993. The van der Waals surface area contributed by atoms with Crippen LogP contribution in [0.25, 0.3) is 0 Å². The van der Waals surface area contributed by atoms with Crippen LogP contribution < -0.4 is 0 Å². The molecule has 0 fully saturated rings. The van der Waals surface area contributed by atoms with Gasteiger partial charge in [0.2, 0.25) is 5.75 Å². The number of nitro groups is 2. The van der Waals surface area contributed by atoms with E-state index in [1.165, 1.54) is 6.07 Å². The van der Waals surface area contributed by atoms with Crippen molar-refractivity contribution >= 4 is 18.2 Å². The van der Waals surface area contributed by atoms with Gasteiger partial charge in [0.1, 0.15) is 6.79 Å². The van der Waals surface area contributed by atoms with Crippen LogP contribution in [0.2, 0.25) is 0 Å². The van der Waals surface area contributed by atoms with Gasteiger partial charge in [0.05, 0.1) is 9.85 Å². The first-order chi connectivity index (χ1) is 7.04. The lowest BCUT2D eigenvalue weighted by Gasteiger charge is -1.95. The van der Waals surface area contributed by atoms with Gasteiger partial charge in [-0.2, -0.15) is 0 Å². The van der Waals surface area contributed by atoms with Gasteiger partial charge in [-0.3, -0.25) is 20.2 Å². The van der Waals surface area contributed by atoms with Gasteiger partial charge in [0.25, 0.3) is 0 Å². The van der Waals surface area contributed by atoms with Crippen LogP contribution in [-0.2, 0) is 4.79 Å². The molecular formula is C7H6N2O6. The lowest BCUT2D eigenvalue weighted by molar-refractivity contribution is -0.423. The fourth-order valence-corrected chi connectivity index (χ4v) is 0.854. The molecular weight excluding hydrogens is 208 g/mol. The van der Waals surface area contributed by atoms with Crippen molar-refractivity contribution in [3.8, 4) is 5.75 Å². The maximum Gasteiger partial charge on any atom is 0.387 e. The van der Waals surface area contributed by atoms with Crippen LogP contribution in [0.3, 0.4) is 0 Å². The normalized spacial score (nSPS) is 8.53. The van der Waals surface area contributed by atoms with E-state index in [1.807, 2.05) is 6.79 Å². The summed E-state index contributed by atoms with van der Waals surface area (Å²) in [4.78, 5) is 26.6. The van der Waals surface area contributed by atoms with Gasteiger partial charge in [-0.05, 0) is 6.07 Å². The van der Waals surface area contributed by atoms with Crippen LogP contribution >= 0.6 is 0 Å². The van der Waals surface area contributed by atoms with Gasteiger partial charge in [-0.15, -0.1) is 0 Å². The highest BCUT2D eigenvalue weighted by molar-refractivity contribution is 5.60. The summed E-state index contributed by atoms with van der Waals surface area (Å²) in [6.45, 7) is 2.00. The molecule has 0 heterocycles. The number of carbonyl (C=O) groups excluding carboxylic acids is 1. The van der Waals surface area contributed by atoms with E-state index in [4.69, 9.17) is 9.90 Å². The van der Waals surface area contributed by atoms with Crippen LogP contribution in [0.5, 0.6) is 5.75 Å². The van der Waals surface area contributed by atoms with E-state index in [9.17, 15) is 20.2 Å². The predicted octanol–water partition coefficient (Wildman–Crippen LogP) is 1.02. The number of para-hydroxylation sites is 1. The van der Waals surface area contributed by atoms with E-state index in [0.29, 0.717) is 0 Å². The lowest BCUT2D eigenvalue weighted by Crippen LogP contribution is -1.96. The Morgan fingerprint density at radius 1 is 1.13 bits per heavy atom. The Bertz CT molecular complexity index is 391. The second kappa shape index (κ2) is 5.27. The van der Waals surface area contributed by atoms with Gasteiger partial charge < -0.3 is 9.90 Å². The van der Waals surface area contributed by atoms with Crippen molar-refractivity contribution < 1.29 is 19.7 Å². The second-order valence-electron chi connectivity index (χ2n) is 2.16. The van der Waals surface area contributed by atoms with Gasteiger partial charge in [0, 0.05) is 6.07 Å². The van der Waals surface area contributed by atoms with E-state index >= 15 is 0 Å². The number of rotatable bonds is 2. The van der Waals surface area contributed by atoms with Gasteiger partial charge >= 0.3 is 11.4 Å². The standard InChI is InChI=1S/C6H4N2O5.CH2O/c9-5-3-1-2-4(7(10)11)6(5)8(12)13;1-2/h1-3,9H;1H2. The Hall–Kier alpha value is -2.51. The van der Waals surface area contributed by atoms with Crippen LogP contribution in [-0.4, -0.2) is 21.7 Å². The van der Waals surface area contributed by atoms with Crippen LogP contribution in [0.1, 0.15) is 0 Å². The zero-order valence-electron chi connectivity index (χ0n) is 7.32. The zero-order chi connectivity index (χ0) is 12.0. The van der Waals surface area contributed by atoms with Crippen LogP contribution in [0.4, 0.5) is 11.4 Å². The average molecular weight is 214 g/mol. The summed E-state index contributed by atoms with van der Waals surface area (Å²) < 4.78 is 0. The number of nitrogens with zero attached hydrogens (tertiary/aromatic N) is 2. The first-order valence-electron chi connectivity index (χ1n) is 3.43. The molecule has 0 aliphatic heterocycles. The van der Waals surface area contributed by atoms with Crippen molar-refractivity contribution in [1.82, 2.24) is 0 Å². The molecule has 1 rings (SSSR count). The van der Waals surface area contributed by atoms with Crippen molar-refractivity contribution in [3.63, 3.8) is 0 Å². The SMILES string of the molecule is C=O.O=[N+]([O-])c1cccc(O)c1[N+](=O)[O-]. The van der Waals surface area contributed by atoms with Gasteiger partial charge in [-0.25, -0.2) is 0 Å². The molecule has 8 heteroatoms. The molecule has 15 heavy (non-hydrogen) atoms. The van der Waals surface area contributed by atoms with E-state index in [1.54, 1.807) is 0 Å². The zero-order valence-corrected chi connectivity index (χ0v) is 7.32. The Morgan fingerprint density at radius 3 is 2.00 bits per heavy atom. The molecule has 80 valence electrons. The number of aromatic hydroxyl groups is 1. The summed E-state index contributed by atoms with van der Waals surface area (Å²) in [6.07, 6.45) is 0. The highest BCUT2D eigenvalue weighted by Crippen LogP contribution is 2.34. The average Bonchev–Trinajstić information content (AvgIpc) is 2.19. The quantitative estimate of drug-likeness (QED) is 0.578. The Morgan fingerprint density at radius 2 is 1.67 bits per heavy atom. The molecule has 0 saturated heterocycles. The summed E-state index contributed by atoms with van der Waals surface area (Å²) in [5.41, 5.74) is -1.60. The lowest BCUT2D eigenvalue weighted by atomic mass is 10.2. The van der Waals surface area contributed by atoms with E-state index < -0.39 is 27.0 Å². The molecule has 0 aliphatic carbocycles. The molecule has 8 nitrogen and oxygen atoms in total. The first-order valence-corrected chi connectivity index (χ1v) is 3.43. The van der Waals surface area contributed by atoms with E-state index in [-0.39, 0.29) is 0 Å². The number of hydrogen-bond acceptors (Lipinski definition) is 6. The minimum Gasteiger partial charge on any atom is -0.502 e. The molecule has 0 spiro atoms. The third-order valence-corrected chi connectivity index (χ3v) is 1.37. The van der Waals surface area contributed by atoms with Gasteiger partial charge in [-0.1, -0.05) is 6.07 Å². The predicted molar refractivity (Wildman–Crippen MR) is 48.5 cm³/mol. The summed E-state index contributed by atoms with van der Waals surface area (Å²) in [5, 5.41) is 29.5. The van der Waals surface area contributed by atoms with Crippen molar-refractivity contribution in [2.24, 2.45) is 0 Å². The maximum absolute atomic E-state index is 10.3. The molecule has 0 bridgehead atoms. The monoisotopic (exact) mass is 214 g/mol. The summed E-state index contributed by atoms with van der Waals surface area (Å²) in [6, 6.07) is 3.14. The van der Waals surface area contributed by atoms with Crippen molar-refractivity contribution in [1.29, 1.82) is 0 Å². The fourth-order valence-electron chi connectivity index (χ4n) is 0.854. The fraction of sp³-hybridized carbons (Fsp3) is 0. The highest BCUT2D eigenvalue weighted by Gasteiger charge is 2.27. The number of phenols is 1. The number of phenolic OH excluding ortho intramolecular Hbond substituents is 1. The second-order valence-corrected chi connectivity index (χ2v) is 2.16.